The van der Waals surface area contributed by atoms with Crippen LogP contribution < -0.4 is 5.32 Å². The highest BCUT2D eigenvalue weighted by molar-refractivity contribution is 7.93. The maximum absolute atomic E-state index is 13.5. The number of amides is 1. The first-order valence-electron chi connectivity index (χ1n) is 12.8. The van der Waals surface area contributed by atoms with E-state index in [1.807, 2.05) is 32.9 Å². The Morgan fingerprint density at radius 1 is 1.18 bits per heavy atom. The smallest absolute Gasteiger partial charge is 0.322 e. The number of allylic oxidation sites excluding steroid dienone is 3. The van der Waals surface area contributed by atoms with Crippen molar-refractivity contribution in [3.63, 3.8) is 0 Å². The number of aromatic nitrogens is 2. The molecule has 7 nitrogen and oxygen atoms in total. The van der Waals surface area contributed by atoms with Crippen molar-refractivity contribution in [2.24, 2.45) is 5.92 Å². The second-order valence-corrected chi connectivity index (χ2v) is 11.9. The number of carbonyl (C=O) groups is 1. The van der Waals surface area contributed by atoms with Gasteiger partial charge < -0.3 is 5.32 Å². The van der Waals surface area contributed by atoms with Crippen molar-refractivity contribution in [3.05, 3.63) is 94.2 Å². The van der Waals surface area contributed by atoms with Gasteiger partial charge in [0.25, 0.3) is 5.91 Å². The summed E-state index contributed by atoms with van der Waals surface area (Å²) in [5.41, 5.74) is 1.62. The lowest BCUT2D eigenvalue weighted by atomic mass is 10.0. The van der Waals surface area contributed by atoms with Gasteiger partial charge >= 0.3 is 6.18 Å². The molecule has 4 rings (SSSR count). The van der Waals surface area contributed by atoms with E-state index in [-0.39, 0.29) is 27.8 Å². The van der Waals surface area contributed by atoms with Gasteiger partial charge in [0.15, 0.2) is 0 Å². The number of halogens is 3. The fraction of sp³-hybridized carbons (Fsp3) is 0.310. The molecular weight excluding hydrogens is 541 g/mol. The topological polar surface area (TPSA) is 84.3 Å². The minimum Gasteiger partial charge on any atom is -0.322 e. The van der Waals surface area contributed by atoms with Crippen LogP contribution in [0.2, 0.25) is 0 Å². The molecule has 11 heteroatoms. The van der Waals surface area contributed by atoms with Crippen molar-refractivity contribution in [1.29, 1.82) is 0 Å². The van der Waals surface area contributed by atoms with Crippen LogP contribution in [0, 0.1) is 12.8 Å². The monoisotopic (exact) mass is 572 g/mol. The van der Waals surface area contributed by atoms with Crippen molar-refractivity contribution in [2.75, 3.05) is 13.6 Å². The third-order valence-electron chi connectivity index (χ3n) is 6.70. The summed E-state index contributed by atoms with van der Waals surface area (Å²) in [6.45, 7) is 5.98. The number of rotatable bonds is 8. The van der Waals surface area contributed by atoms with Crippen LogP contribution in [0.15, 0.2) is 77.5 Å². The molecule has 0 bridgehead atoms. The first kappa shape index (κ1) is 29.3. The number of nitrogens with zero attached hydrogens (tertiary/aromatic N) is 3. The zero-order valence-electron chi connectivity index (χ0n) is 22.7. The Morgan fingerprint density at radius 3 is 2.52 bits per heavy atom. The highest BCUT2D eigenvalue weighted by Crippen LogP contribution is 2.32. The van der Waals surface area contributed by atoms with Gasteiger partial charge in [-0.2, -0.15) is 18.3 Å². The van der Waals surface area contributed by atoms with Gasteiger partial charge in [0.1, 0.15) is 5.69 Å². The van der Waals surface area contributed by atoms with Crippen LogP contribution in [0.25, 0.3) is 16.9 Å². The molecule has 0 spiro atoms. The number of benzene rings is 2. The molecular formula is C29H31F3N4O3S. The van der Waals surface area contributed by atoms with Gasteiger partial charge in [-0.15, -0.1) is 0 Å². The number of hydrogen-bond acceptors (Lipinski definition) is 4. The molecule has 212 valence electrons. The summed E-state index contributed by atoms with van der Waals surface area (Å²) in [4.78, 5) is 13.8. The third-order valence-corrected chi connectivity index (χ3v) is 8.82. The fourth-order valence-electron chi connectivity index (χ4n) is 4.43. The average Bonchev–Trinajstić information content (AvgIpc) is 3.35. The van der Waals surface area contributed by atoms with Crippen LogP contribution in [0.3, 0.4) is 0 Å². The molecule has 0 aliphatic heterocycles. The van der Waals surface area contributed by atoms with Crippen LogP contribution in [-0.4, -0.2) is 42.0 Å². The first-order chi connectivity index (χ1) is 18.8. The SMILES string of the molecule is CCCN(C)S(=O)(=O)C1=CC(NC(=O)c2cn(-c3cccc(C(F)(F)F)c3)nc2-c2ccc(C)cc2)=CCC1C. The third kappa shape index (κ3) is 6.20. The Hall–Kier alpha value is -3.70. The van der Waals surface area contributed by atoms with Crippen molar-refractivity contribution < 1.29 is 26.4 Å². The molecule has 1 heterocycles. The van der Waals surface area contributed by atoms with E-state index in [1.54, 1.807) is 18.2 Å². The Kier molecular flexibility index (Phi) is 8.36. The molecule has 0 fully saturated rings. The van der Waals surface area contributed by atoms with E-state index in [2.05, 4.69) is 10.4 Å². The molecule has 1 N–H and O–H groups in total. The average molecular weight is 573 g/mol. The predicted octanol–water partition coefficient (Wildman–Crippen LogP) is 6.08. The van der Waals surface area contributed by atoms with Crippen LogP contribution in [0.1, 0.15) is 48.2 Å². The van der Waals surface area contributed by atoms with E-state index in [1.165, 1.54) is 40.4 Å². The van der Waals surface area contributed by atoms with Crippen LogP contribution >= 0.6 is 0 Å². The lowest BCUT2D eigenvalue weighted by molar-refractivity contribution is -0.137. The summed E-state index contributed by atoms with van der Waals surface area (Å²) in [6.07, 6.45) is 1.13. The van der Waals surface area contributed by atoms with Gasteiger partial charge in [-0.05, 0) is 50.0 Å². The molecule has 1 aliphatic rings. The Bertz CT molecular complexity index is 1570. The normalized spacial score (nSPS) is 16.1. The molecule has 0 saturated carbocycles. The number of aryl methyl sites for hydroxylation is 1. The highest BCUT2D eigenvalue weighted by atomic mass is 32.2. The largest absolute Gasteiger partial charge is 0.416 e. The van der Waals surface area contributed by atoms with Gasteiger partial charge in [-0.3, -0.25) is 4.79 Å². The fourth-order valence-corrected chi connectivity index (χ4v) is 6.09. The van der Waals surface area contributed by atoms with E-state index in [4.69, 9.17) is 0 Å². The molecule has 1 atom stereocenters. The van der Waals surface area contributed by atoms with E-state index >= 15 is 0 Å². The maximum Gasteiger partial charge on any atom is 0.416 e. The molecule has 0 radical (unpaired) electrons. The van der Waals surface area contributed by atoms with Crippen LogP contribution in [0.5, 0.6) is 0 Å². The molecule has 1 unspecified atom stereocenters. The van der Waals surface area contributed by atoms with Gasteiger partial charge in [-0.25, -0.2) is 17.4 Å². The summed E-state index contributed by atoms with van der Waals surface area (Å²) in [7, 11) is -2.19. The molecule has 1 aromatic heterocycles. The molecule has 1 amide bonds. The van der Waals surface area contributed by atoms with Gasteiger partial charge in [0.2, 0.25) is 10.0 Å². The summed E-state index contributed by atoms with van der Waals surface area (Å²) < 4.78 is 68.8. The molecule has 1 aliphatic carbocycles. The minimum atomic E-state index is -4.54. The van der Waals surface area contributed by atoms with Crippen molar-refractivity contribution in [3.8, 4) is 16.9 Å². The van der Waals surface area contributed by atoms with E-state index in [0.29, 0.717) is 30.6 Å². The summed E-state index contributed by atoms with van der Waals surface area (Å²) in [5.74, 6) is -0.832. The maximum atomic E-state index is 13.5. The number of carbonyl (C=O) groups excluding carboxylic acids is 1. The lowest BCUT2D eigenvalue weighted by Gasteiger charge is -2.25. The van der Waals surface area contributed by atoms with Crippen molar-refractivity contribution >= 4 is 15.9 Å². The minimum absolute atomic E-state index is 0.127. The van der Waals surface area contributed by atoms with Crippen molar-refractivity contribution in [1.82, 2.24) is 19.4 Å². The van der Waals surface area contributed by atoms with Gasteiger partial charge in [0.05, 0.1) is 21.7 Å². The second kappa shape index (κ2) is 11.4. The Labute approximate surface area is 232 Å². The van der Waals surface area contributed by atoms with E-state index in [0.717, 1.165) is 17.7 Å². The standard InChI is InChI=1S/C29H31F3N4O3S/c1-5-15-35(4)40(38,39)26-17-23(14-11-20(26)3)33-28(37)25-18-36(24-8-6-7-22(16-24)29(30,31)32)34-27(25)21-12-9-19(2)10-13-21/h6-10,12-14,16-18,20H,5,11,15H2,1-4H3,(H,33,37). The van der Waals surface area contributed by atoms with Gasteiger partial charge in [0, 0.05) is 31.0 Å². The highest BCUT2D eigenvalue weighted by Gasteiger charge is 2.32. The zero-order chi connectivity index (χ0) is 29.2. The number of hydrogen-bond donors (Lipinski definition) is 1. The first-order valence-corrected chi connectivity index (χ1v) is 14.3. The summed E-state index contributed by atoms with van der Waals surface area (Å²) in [5, 5.41) is 7.26. The van der Waals surface area contributed by atoms with Crippen molar-refractivity contribution in [2.45, 2.75) is 39.8 Å². The number of sulfonamides is 1. The lowest BCUT2D eigenvalue weighted by Crippen LogP contribution is -2.32. The summed E-state index contributed by atoms with van der Waals surface area (Å²) >= 11 is 0. The van der Waals surface area contributed by atoms with Gasteiger partial charge in [-0.1, -0.05) is 55.8 Å². The quantitative estimate of drug-likeness (QED) is 0.355. The zero-order valence-corrected chi connectivity index (χ0v) is 23.5. The van der Waals surface area contributed by atoms with E-state index in [9.17, 15) is 26.4 Å². The second-order valence-electron chi connectivity index (χ2n) is 9.87. The summed E-state index contributed by atoms with van der Waals surface area (Å²) in [6, 6.07) is 11.9. The molecule has 3 aromatic rings. The number of nitrogens with one attached hydrogen (secondary N) is 1. The predicted molar refractivity (Wildman–Crippen MR) is 148 cm³/mol. The Morgan fingerprint density at radius 2 is 1.88 bits per heavy atom. The molecule has 2 aromatic carbocycles. The number of alkyl halides is 3. The Balaban J connectivity index is 1.72. The van der Waals surface area contributed by atoms with E-state index < -0.39 is 27.7 Å². The van der Waals surface area contributed by atoms with Crippen LogP contribution in [0.4, 0.5) is 13.2 Å². The van der Waals surface area contributed by atoms with Crippen LogP contribution in [-0.2, 0) is 16.2 Å². The molecule has 0 saturated heterocycles. The molecule has 40 heavy (non-hydrogen) atoms.